The molecule has 146 valence electrons. The summed E-state index contributed by atoms with van der Waals surface area (Å²) in [5, 5.41) is 7.98. The molecule has 6 nitrogen and oxygen atoms in total. The number of thioether (sulfide) groups is 1. The fraction of sp³-hybridized carbons (Fsp3) is 0.350. The Bertz CT molecular complexity index is 1020. The van der Waals surface area contributed by atoms with Gasteiger partial charge in [-0.15, -0.1) is 5.10 Å². The van der Waals surface area contributed by atoms with Crippen molar-refractivity contribution < 1.29 is 9.21 Å². The predicted molar refractivity (Wildman–Crippen MR) is 108 cm³/mol. The van der Waals surface area contributed by atoms with Gasteiger partial charge in [-0.2, -0.15) is 0 Å². The highest BCUT2D eigenvalue weighted by Gasteiger charge is 2.22. The average Bonchev–Trinajstić information content (AvgIpc) is 3.33. The molecule has 0 amide bonds. The quantitative estimate of drug-likeness (QED) is 0.458. The van der Waals surface area contributed by atoms with E-state index in [2.05, 4.69) is 10.2 Å². The molecule has 3 aromatic rings. The van der Waals surface area contributed by atoms with Crippen LogP contribution in [-0.2, 0) is 5.75 Å². The Morgan fingerprint density at radius 1 is 1.18 bits per heavy atom. The number of benzene rings is 1. The smallest absolute Gasteiger partial charge is 0.344 e. The number of aromatic amines is 1. The maximum Gasteiger partial charge on any atom is 0.344 e. The number of nitrogens with one attached hydrogen (secondary N) is 1. The Morgan fingerprint density at radius 2 is 1.93 bits per heavy atom. The van der Waals surface area contributed by atoms with Gasteiger partial charge in [-0.3, -0.25) is 9.36 Å². The first-order valence-corrected chi connectivity index (χ1v) is 10.7. The van der Waals surface area contributed by atoms with Crippen LogP contribution in [0.25, 0.3) is 0 Å². The number of halogens is 1. The van der Waals surface area contributed by atoms with Crippen LogP contribution in [0.4, 0.5) is 0 Å². The molecular weight excluding hydrogens is 398 g/mol. The van der Waals surface area contributed by atoms with Crippen molar-refractivity contribution >= 4 is 29.1 Å². The molecule has 0 radical (unpaired) electrons. The summed E-state index contributed by atoms with van der Waals surface area (Å²) in [6.07, 6.45) is 5.52. The number of hydrogen-bond donors (Lipinski definition) is 1. The zero-order chi connectivity index (χ0) is 19.5. The third-order valence-electron chi connectivity index (χ3n) is 4.95. The number of H-pyrrole nitrogens is 1. The highest BCUT2D eigenvalue weighted by atomic mass is 35.5. The Labute approximate surface area is 171 Å². The van der Waals surface area contributed by atoms with Crippen molar-refractivity contribution in [2.75, 3.05) is 0 Å². The molecule has 1 aliphatic rings. The summed E-state index contributed by atoms with van der Waals surface area (Å²) < 4.78 is 7.49. The van der Waals surface area contributed by atoms with E-state index in [4.69, 9.17) is 16.0 Å². The summed E-state index contributed by atoms with van der Waals surface area (Å²) in [5.74, 6) is 1.25. The van der Waals surface area contributed by atoms with Crippen molar-refractivity contribution in [2.45, 2.75) is 49.1 Å². The Hall–Kier alpha value is -2.25. The normalized spacial score (nSPS) is 15.0. The molecule has 0 atom stereocenters. The first kappa shape index (κ1) is 19.1. The van der Waals surface area contributed by atoms with E-state index in [0.717, 1.165) is 25.7 Å². The van der Waals surface area contributed by atoms with Crippen LogP contribution in [0.5, 0.6) is 0 Å². The molecule has 1 aromatic carbocycles. The largest absolute Gasteiger partial charge is 0.457 e. The Kier molecular flexibility index (Phi) is 5.73. The van der Waals surface area contributed by atoms with E-state index < -0.39 is 0 Å². The highest BCUT2D eigenvalue weighted by Crippen LogP contribution is 2.31. The number of carbonyl (C=O) groups is 1. The van der Waals surface area contributed by atoms with Crippen molar-refractivity contribution in [3.63, 3.8) is 0 Å². The van der Waals surface area contributed by atoms with Crippen LogP contribution in [0.3, 0.4) is 0 Å². The molecule has 0 spiro atoms. The molecule has 2 heterocycles. The first-order valence-electron chi connectivity index (χ1n) is 9.30. The fourth-order valence-electron chi connectivity index (χ4n) is 3.51. The maximum absolute atomic E-state index is 12.5. The zero-order valence-electron chi connectivity index (χ0n) is 15.2. The second-order valence-corrected chi connectivity index (χ2v) is 8.24. The Morgan fingerprint density at radius 3 is 2.68 bits per heavy atom. The van der Waals surface area contributed by atoms with Crippen LogP contribution < -0.4 is 5.69 Å². The van der Waals surface area contributed by atoms with Gasteiger partial charge in [-0.05, 0) is 49.2 Å². The molecule has 0 saturated heterocycles. The van der Waals surface area contributed by atoms with Gasteiger partial charge in [-0.25, -0.2) is 9.89 Å². The van der Waals surface area contributed by atoms with E-state index in [0.29, 0.717) is 27.3 Å². The lowest BCUT2D eigenvalue weighted by Gasteiger charge is -2.22. The monoisotopic (exact) mass is 417 g/mol. The van der Waals surface area contributed by atoms with Gasteiger partial charge in [0.25, 0.3) is 0 Å². The summed E-state index contributed by atoms with van der Waals surface area (Å²) in [4.78, 5) is 24.7. The number of carbonyl (C=O) groups excluding carboxylic acids is 1. The summed E-state index contributed by atoms with van der Waals surface area (Å²) in [7, 11) is 0. The second-order valence-electron chi connectivity index (χ2n) is 6.86. The summed E-state index contributed by atoms with van der Waals surface area (Å²) >= 11 is 7.30. The van der Waals surface area contributed by atoms with Crippen LogP contribution in [0.1, 0.15) is 60.0 Å². The van der Waals surface area contributed by atoms with E-state index in [-0.39, 0.29) is 23.3 Å². The standard InChI is InChI=1S/C20H20ClN3O3S/c21-14-8-6-13(7-9-14)18(25)17-11-10-16(27-17)12-28-20-23-22-19(26)24(20)15-4-2-1-3-5-15/h6-11,15H,1-5,12H2,(H,22,26). The van der Waals surface area contributed by atoms with Gasteiger partial charge in [0.05, 0.1) is 5.75 Å². The number of rotatable bonds is 6. The molecule has 1 fully saturated rings. The third kappa shape index (κ3) is 4.10. The van der Waals surface area contributed by atoms with Crippen molar-refractivity contribution in [1.29, 1.82) is 0 Å². The van der Waals surface area contributed by atoms with E-state index in [1.807, 2.05) is 0 Å². The van der Waals surface area contributed by atoms with Crippen LogP contribution in [-0.4, -0.2) is 20.5 Å². The van der Waals surface area contributed by atoms with Gasteiger partial charge < -0.3 is 4.42 Å². The van der Waals surface area contributed by atoms with Gasteiger partial charge in [0.1, 0.15) is 5.76 Å². The molecule has 1 saturated carbocycles. The first-order chi connectivity index (χ1) is 13.6. The number of ketones is 1. The molecular formula is C20H20ClN3O3S. The topological polar surface area (TPSA) is 80.9 Å². The van der Waals surface area contributed by atoms with E-state index in [1.165, 1.54) is 18.2 Å². The molecule has 8 heteroatoms. The van der Waals surface area contributed by atoms with Crippen LogP contribution in [0.2, 0.25) is 5.02 Å². The predicted octanol–water partition coefficient (Wildman–Crippen LogP) is 4.85. The van der Waals surface area contributed by atoms with Crippen molar-refractivity contribution in [3.05, 3.63) is 69.0 Å². The highest BCUT2D eigenvalue weighted by molar-refractivity contribution is 7.98. The number of aromatic nitrogens is 3. The average molecular weight is 418 g/mol. The Balaban J connectivity index is 1.45. The van der Waals surface area contributed by atoms with Gasteiger partial charge >= 0.3 is 5.69 Å². The molecule has 28 heavy (non-hydrogen) atoms. The van der Waals surface area contributed by atoms with Crippen LogP contribution in [0, 0.1) is 0 Å². The molecule has 0 unspecified atom stereocenters. The number of furan rings is 1. The van der Waals surface area contributed by atoms with Crippen LogP contribution in [0.15, 0.2) is 50.8 Å². The minimum absolute atomic E-state index is 0.160. The number of nitrogens with zero attached hydrogens (tertiary/aromatic N) is 2. The minimum atomic E-state index is -0.188. The summed E-state index contributed by atoms with van der Waals surface area (Å²) in [6.45, 7) is 0. The summed E-state index contributed by atoms with van der Waals surface area (Å²) in [6, 6.07) is 10.4. The molecule has 4 rings (SSSR count). The fourth-order valence-corrected chi connectivity index (χ4v) is 4.54. The van der Waals surface area contributed by atoms with Gasteiger partial charge in [0, 0.05) is 16.6 Å². The van der Waals surface area contributed by atoms with E-state index in [9.17, 15) is 9.59 Å². The maximum atomic E-state index is 12.5. The van der Waals surface area contributed by atoms with Gasteiger partial charge in [-0.1, -0.05) is 42.6 Å². The lowest BCUT2D eigenvalue weighted by Crippen LogP contribution is -2.24. The van der Waals surface area contributed by atoms with Crippen molar-refractivity contribution in [3.8, 4) is 0 Å². The number of hydrogen-bond acceptors (Lipinski definition) is 5. The lowest BCUT2D eigenvalue weighted by molar-refractivity contribution is 0.101. The van der Waals surface area contributed by atoms with Crippen LogP contribution >= 0.6 is 23.4 Å². The molecule has 1 N–H and O–H groups in total. The van der Waals surface area contributed by atoms with Crippen molar-refractivity contribution in [2.24, 2.45) is 0 Å². The molecule has 2 aromatic heterocycles. The van der Waals surface area contributed by atoms with E-state index in [1.54, 1.807) is 41.0 Å². The van der Waals surface area contributed by atoms with Gasteiger partial charge in [0.2, 0.25) is 5.78 Å². The lowest BCUT2D eigenvalue weighted by atomic mass is 9.95. The second kappa shape index (κ2) is 8.41. The molecule has 1 aliphatic carbocycles. The zero-order valence-corrected chi connectivity index (χ0v) is 16.8. The minimum Gasteiger partial charge on any atom is -0.457 e. The van der Waals surface area contributed by atoms with E-state index >= 15 is 0 Å². The molecule has 0 aliphatic heterocycles. The summed E-state index contributed by atoms with van der Waals surface area (Å²) in [5.41, 5.74) is 0.365. The molecule has 0 bridgehead atoms. The van der Waals surface area contributed by atoms with Gasteiger partial charge in [0.15, 0.2) is 10.9 Å². The van der Waals surface area contributed by atoms with Crippen molar-refractivity contribution in [1.82, 2.24) is 14.8 Å². The SMILES string of the molecule is O=C(c1ccc(Cl)cc1)c1ccc(CSc2n[nH]c(=O)n2C2CCCCC2)o1. The third-order valence-corrected chi connectivity index (χ3v) is 6.17.